The minimum Gasteiger partial charge on any atom is -0.267 e. The van der Waals surface area contributed by atoms with E-state index in [0.717, 1.165) is 23.4 Å². The molecule has 0 aliphatic carbocycles. The molecule has 19 heavy (non-hydrogen) atoms. The number of aromatic nitrogens is 1. The average molecular weight is 338 g/mol. The maximum absolute atomic E-state index is 11.7. The molecule has 0 aliphatic rings. The van der Waals surface area contributed by atoms with E-state index in [0.29, 0.717) is 6.54 Å². The fraction of sp³-hybridized carbons (Fsp3) is 0.182. The van der Waals surface area contributed by atoms with E-state index in [-0.39, 0.29) is 19.8 Å². The molecule has 2 aromatic rings. The van der Waals surface area contributed by atoms with Crippen LogP contribution in [0.5, 0.6) is 0 Å². The van der Waals surface area contributed by atoms with Crippen LogP contribution >= 0.6 is 34.7 Å². The van der Waals surface area contributed by atoms with E-state index in [1.165, 1.54) is 16.1 Å². The Balaban J connectivity index is 2.30. The van der Waals surface area contributed by atoms with Gasteiger partial charge < -0.3 is 0 Å². The fourth-order valence-corrected chi connectivity index (χ4v) is 3.45. The van der Waals surface area contributed by atoms with Crippen LogP contribution in [-0.2, 0) is 16.4 Å². The van der Waals surface area contributed by atoms with Crippen LogP contribution in [0, 0.1) is 0 Å². The third-order valence-electron chi connectivity index (χ3n) is 2.45. The van der Waals surface area contributed by atoms with Crippen molar-refractivity contribution in [1.82, 2.24) is 3.96 Å². The van der Waals surface area contributed by atoms with Crippen LogP contribution < -0.4 is 5.56 Å². The predicted molar refractivity (Wildman–Crippen MR) is 77.3 cm³/mol. The van der Waals surface area contributed by atoms with Crippen LogP contribution in [0.25, 0.3) is 0 Å². The van der Waals surface area contributed by atoms with Crippen molar-refractivity contribution in [2.24, 2.45) is 0 Å². The first-order valence-electron chi connectivity index (χ1n) is 5.13. The van der Waals surface area contributed by atoms with Crippen molar-refractivity contribution in [2.45, 2.75) is 11.4 Å². The molecule has 0 amide bonds. The average Bonchev–Trinajstić information content (AvgIpc) is 2.57. The molecule has 0 aliphatic heterocycles. The summed E-state index contributed by atoms with van der Waals surface area (Å²) in [7, 11) is -3.21. The molecule has 0 radical (unpaired) electrons. The van der Waals surface area contributed by atoms with Gasteiger partial charge in [-0.15, -0.1) is 0 Å². The minimum atomic E-state index is -3.21. The Morgan fingerprint density at radius 2 is 1.79 bits per heavy atom. The van der Waals surface area contributed by atoms with Gasteiger partial charge in [0.05, 0.1) is 11.4 Å². The molecular weight excluding hydrogens is 329 g/mol. The van der Waals surface area contributed by atoms with Gasteiger partial charge in [-0.2, -0.15) is 0 Å². The summed E-state index contributed by atoms with van der Waals surface area (Å²) >= 11 is 12.6. The second kappa shape index (κ2) is 5.28. The molecule has 1 aromatic carbocycles. The lowest BCUT2D eigenvalue weighted by Gasteiger charge is -2.03. The van der Waals surface area contributed by atoms with Gasteiger partial charge in [0.15, 0.2) is 9.84 Å². The monoisotopic (exact) mass is 337 g/mol. The van der Waals surface area contributed by atoms with Crippen LogP contribution in [0.1, 0.15) is 5.56 Å². The van der Waals surface area contributed by atoms with E-state index in [1.54, 1.807) is 12.1 Å². The molecular formula is C11H9Cl2NO3S2. The predicted octanol–water partition coefficient (Wildman–Crippen LogP) is 2.67. The molecule has 0 saturated carbocycles. The number of halogens is 2. The molecule has 4 nitrogen and oxygen atoms in total. The van der Waals surface area contributed by atoms with Crippen molar-refractivity contribution < 1.29 is 8.42 Å². The summed E-state index contributed by atoms with van der Waals surface area (Å²) in [4.78, 5) is 11.9. The largest absolute Gasteiger partial charge is 0.281 e. The lowest BCUT2D eigenvalue weighted by Crippen LogP contribution is -2.13. The Kier molecular flexibility index (Phi) is 4.06. The zero-order chi connectivity index (χ0) is 14.2. The Morgan fingerprint density at radius 3 is 2.21 bits per heavy atom. The molecule has 1 aromatic heterocycles. The van der Waals surface area contributed by atoms with Gasteiger partial charge >= 0.3 is 0 Å². The van der Waals surface area contributed by atoms with Crippen molar-refractivity contribution in [1.29, 1.82) is 0 Å². The number of sulfone groups is 1. The first-order valence-corrected chi connectivity index (χ1v) is 8.55. The smallest absolute Gasteiger partial charge is 0.267 e. The molecule has 2 rings (SSSR count). The van der Waals surface area contributed by atoms with E-state index in [2.05, 4.69) is 0 Å². The zero-order valence-electron chi connectivity index (χ0n) is 9.76. The van der Waals surface area contributed by atoms with Crippen molar-refractivity contribution >= 4 is 44.6 Å². The quantitative estimate of drug-likeness (QED) is 0.865. The summed E-state index contributed by atoms with van der Waals surface area (Å²) < 4.78 is 24.3. The minimum absolute atomic E-state index is 0.0134. The molecule has 0 N–H and O–H groups in total. The molecule has 0 spiro atoms. The summed E-state index contributed by atoms with van der Waals surface area (Å²) in [5.74, 6) is 0. The molecule has 0 unspecified atom stereocenters. The summed E-state index contributed by atoms with van der Waals surface area (Å²) in [5.41, 5.74) is 0.452. The van der Waals surface area contributed by atoms with Crippen LogP contribution in [-0.4, -0.2) is 18.6 Å². The van der Waals surface area contributed by atoms with Gasteiger partial charge in [-0.1, -0.05) is 35.3 Å². The van der Waals surface area contributed by atoms with E-state index in [9.17, 15) is 13.2 Å². The molecule has 8 heteroatoms. The maximum atomic E-state index is 11.7. The van der Waals surface area contributed by atoms with Crippen LogP contribution in [0.4, 0.5) is 0 Å². The highest BCUT2D eigenvalue weighted by Gasteiger charge is 2.12. The summed E-state index contributed by atoms with van der Waals surface area (Å²) in [6.45, 7) is 0.306. The van der Waals surface area contributed by atoms with Gasteiger partial charge in [0.1, 0.15) is 9.36 Å². The number of nitrogens with zero attached hydrogens (tertiary/aromatic N) is 1. The van der Waals surface area contributed by atoms with Crippen molar-refractivity contribution in [2.75, 3.05) is 6.26 Å². The van der Waals surface area contributed by atoms with Gasteiger partial charge in [0.25, 0.3) is 5.56 Å². The second-order valence-electron chi connectivity index (χ2n) is 3.94. The number of hydrogen-bond acceptors (Lipinski definition) is 4. The third kappa shape index (κ3) is 3.20. The van der Waals surface area contributed by atoms with E-state index in [1.807, 2.05) is 0 Å². The first kappa shape index (κ1) is 14.6. The summed E-state index contributed by atoms with van der Waals surface area (Å²) in [6, 6.07) is 6.33. The SMILES string of the molecule is CS(=O)(=O)c1ccc(Cn2sc(Cl)c(Cl)c2=O)cc1. The molecule has 0 fully saturated rings. The van der Waals surface area contributed by atoms with Gasteiger partial charge in [-0.05, 0) is 29.2 Å². The Hall–Kier alpha value is -0.820. The molecule has 102 valence electrons. The molecule has 0 saturated heterocycles. The molecule has 1 heterocycles. The van der Waals surface area contributed by atoms with Crippen LogP contribution in [0.15, 0.2) is 34.0 Å². The summed E-state index contributed by atoms with van der Waals surface area (Å²) in [5, 5.41) is 0.0134. The normalized spacial score (nSPS) is 11.7. The number of hydrogen-bond donors (Lipinski definition) is 0. The standard InChI is InChI=1S/C11H9Cl2NO3S2/c1-19(16,17)8-4-2-7(3-5-8)6-14-11(15)9(12)10(13)18-14/h2-5H,6H2,1H3. The lowest BCUT2D eigenvalue weighted by molar-refractivity contribution is 0.602. The first-order chi connectivity index (χ1) is 8.79. The highest BCUT2D eigenvalue weighted by Crippen LogP contribution is 2.24. The van der Waals surface area contributed by atoms with E-state index >= 15 is 0 Å². The Labute approximate surface area is 124 Å². The highest BCUT2D eigenvalue weighted by molar-refractivity contribution is 7.90. The number of rotatable bonds is 3. The maximum Gasteiger partial charge on any atom is 0.281 e. The fourth-order valence-electron chi connectivity index (χ4n) is 1.48. The Bertz CT molecular complexity index is 760. The molecule has 0 bridgehead atoms. The lowest BCUT2D eigenvalue weighted by atomic mass is 10.2. The van der Waals surface area contributed by atoms with Gasteiger partial charge in [-0.25, -0.2) is 8.42 Å². The van der Waals surface area contributed by atoms with Crippen LogP contribution in [0.2, 0.25) is 9.36 Å². The summed E-state index contributed by atoms with van der Waals surface area (Å²) in [6.07, 6.45) is 1.14. The third-order valence-corrected chi connectivity index (χ3v) is 5.42. The van der Waals surface area contributed by atoms with E-state index in [4.69, 9.17) is 23.2 Å². The van der Waals surface area contributed by atoms with Crippen molar-refractivity contribution in [3.05, 3.63) is 49.5 Å². The molecule has 0 atom stereocenters. The highest BCUT2D eigenvalue weighted by atomic mass is 35.5. The topological polar surface area (TPSA) is 56.1 Å². The number of benzene rings is 1. The van der Waals surface area contributed by atoms with E-state index < -0.39 is 9.84 Å². The van der Waals surface area contributed by atoms with Gasteiger partial charge in [-0.3, -0.25) is 8.75 Å². The second-order valence-corrected chi connectivity index (χ2v) is 7.96. The van der Waals surface area contributed by atoms with Crippen molar-refractivity contribution in [3.63, 3.8) is 0 Å². The van der Waals surface area contributed by atoms with Crippen LogP contribution in [0.3, 0.4) is 0 Å². The van der Waals surface area contributed by atoms with Crippen molar-refractivity contribution in [3.8, 4) is 0 Å². The van der Waals surface area contributed by atoms with Gasteiger partial charge in [0.2, 0.25) is 0 Å². The Morgan fingerprint density at radius 1 is 1.21 bits per heavy atom. The zero-order valence-corrected chi connectivity index (χ0v) is 12.9. The van der Waals surface area contributed by atoms with Gasteiger partial charge in [0, 0.05) is 6.26 Å².